The lowest BCUT2D eigenvalue weighted by Crippen LogP contribution is -2.26. The molecule has 0 fully saturated rings. The summed E-state index contributed by atoms with van der Waals surface area (Å²) in [5.41, 5.74) is 0. The highest BCUT2D eigenvalue weighted by Crippen LogP contribution is 1.89. The number of nitrogens with one attached hydrogen (secondary N) is 2. The molecule has 0 rings (SSSR count). The fourth-order valence-electron chi connectivity index (χ4n) is 2.52. The van der Waals surface area contributed by atoms with Crippen LogP contribution in [-0.4, -0.2) is 117 Å². The van der Waals surface area contributed by atoms with E-state index in [0.29, 0.717) is 118 Å². The van der Waals surface area contributed by atoms with E-state index in [9.17, 15) is 9.59 Å². The van der Waals surface area contributed by atoms with Gasteiger partial charge < -0.3 is 43.8 Å². The molecule has 0 atom stereocenters. The van der Waals surface area contributed by atoms with Gasteiger partial charge >= 0.3 is 0 Å². The van der Waals surface area contributed by atoms with Crippen LogP contribution in [0, 0.1) is 0 Å². The Hall–Kier alpha value is -1.34. The molecule has 0 bridgehead atoms. The van der Waals surface area contributed by atoms with Gasteiger partial charge in [-0.05, 0) is 19.8 Å². The molecule has 208 valence electrons. The first-order valence-electron chi connectivity index (χ1n) is 12.8. The Morgan fingerprint density at radius 1 is 0.486 bits per heavy atom. The second-order valence-corrected chi connectivity index (χ2v) is 7.42. The number of hydrogen-bond acceptors (Lipinski definition) is 9. The molecule has 0 saturated carbocycles. The summed E-state index contributed by atoms with van der Waals surface area (Å²) in [5, 5.41) is 5.64. The van der Waals surface area contributed by atoms with E-state index in [1.165, 1.54) is 0 Å². The van der Waals surface area contributed by atoms with Crippen LogP contribution in [0.4, 0.5) is 0 Å². The molecule has 0 heterocycles. The average molecular weight is 509 g/mol. The Morgan fingerprint density at radius 2 is 0.857 bits per heavy atom. The molecule has 0 saturated heterocycles. The van der Waals surface area contributed by atoms with Crippen LogP contribution in [0.3, 0.4) is 0 Å². The topological polar surface area (TPSA) is 123 Å². The maximum absolute atomic E-state index is 11.7. The fraction of sp³-hybridized carbons (Fsp3) is 0.917. The largest absolute Gasteiger partial charge is 0.379 e. The smallest absolute Gasteiger partial charge is 0.222 e. The molecule has 0 aliphatic heterocycles. The second-order valence-electron chi connectivity index (χ2n) is 7.42. The van der Waals surface area contributed by atoms with E-state index in [1.807, 2.05) is 13.8 Å². The minimum Gasteiger partial charge on any atom is -0.379 e. The minimum absolute atomic E-state index is 0.0139. The van der Waals surface area contributed by atoms with Crippen molar-refractivity contribution >= 4 is 11.8 Å². The molecule has 35 heavy (non-hydrogen) atoms. The van der Waals surface area contributed by atoms with Gasteiger partial charge in [0.1, 0.15) is 0 Å². The highest BCUT2D eigenvalue weighted by atomic mass is 16.6. The standard InChI is InChI=1S/C24H48N2O9/c1-3-8-25-23(27)6-11-31-15-17-33-19-21-35-22-20-34-18-16-32-12-7-24(28)26-9-5-10-30-14-13-29-4-2/h3-22H2,1-2H3,(H,25,27)(H,26,28). The molecule has 0 aliphatic rings. The van der Waals surface area contributed by atoms with E-state index in [0.717, 1.165) is 12.8 Å². The molecule has 0 radical (unpaired) electrons. The first kappa shape index (κ1) is 33.7. The molecule has 2 amide bonds. The maximum Gasteiger partial charge on any atom is 0.222 e. The van der Waals surface area contributed by atoms with E-state index in [-0.39, 0.29) is 11.8 Å². The van der Waals surface area contributed by atoms with Gasteiger partial charge in [-0.3, -0.25) is 9.59 Å². The SMILES string of the molecule is CCCNC(=O)CCOCCOCCOCCOCCOCCC(=O)NCCCOCCOCC. The summed E-state index contributed by atoms with van der Waals surface area (Å²) in [6.45, 7) is 12.2. The lowest BCUT2D eigenvalue weighted by Gasteiger charge is -2.08. The van der Waals surface area contributed by atoms with Gasteiger partial charge in [-0.25, -0.2) is 0 Å². The number of hydrogen-bond donors (Lipinski definition) is 2. The van der Waals surface area contributed by atoms with Crippen LogP contribution in [0.5, 0.6) is 0 Å². The molecule has 0 aromatic rings. The first-order valence-corrected chi connectivity index (χ1v) is 12.8. The van der Waals surface area contributed by atoms with Gasteiger partial charge in [-0.1, -0.05) is 6.92 Å². The van der Waals surface area contributed by atoms with E-state index in [1.54, 1.807) is 0 Å². The predicted molar refractivity (Wildman–Crippen MR) is 132 cm³/mol. The van der Waals surface area contributed by atoms with Gasteiger partial charge in [0.15, 0.2) is 0 Å². The average Bonchev–Trinajstić information content (AvgIpc) is 2.86. The monoisotopic (exact) mass is 508 g/mol. The fourth-order valence-corrected chi connectivity index (χ4v) is 2.52. The van der Waals surface area contributed by atoms with E-state index in [2.05, 4.69) is 10.6 Å². The molecule has 0 aliphatic carbocycles. The maximum atomic E-state index is 11.7. The number of carbonyl (C=O) groups excluding carboxylic acids is 2. The zero-order valence-corrected chi connectivity index (χ0v) is 21.8. The molecule has 2 N–H and O–H groups in total. The third kappa shape index (κ3) is 28.8. The Labute approximate surface area is 210 Å². The van der Waals surface area contributed by atoms with Crippen molar-refractivity contribution in [3.63, 3.8) is 0 Å². The second kappa shape index (κ2) is 28.9. The van der Waals surface area contributed by atoms with Crippen molar-refractivity contribution in [3.8, 4) is 0 Å². The molecule has 0 spiro atoms. The van der Waals surface area contributed by atoms with Gasteiger partial charge in [0.05, 0.1) is 79.3 Å². The van der Waals surface area contributed by atoms with Crippen molar-refractivity contribution in [2.45, 2.75) is 39.5 Å². The molecule has 11 heteroatoms. The first-order chi connectivity index (χ1) is 17.2. The minimum atomic E-state index is -0.0303. The third-order valence-electron chi connectivity index (χ3n) is 4.37. The summed E-state index contributed by atoms with van der Waals surface area (Å²) in [6.07, 6.45) is 2.40. The van der Waals surface area contributed by atoms with Gasteiger partial charge in [0.2, 0.25) is 11.8 Å². The summed E-state index contributed by atoms with van der Waals surface area (Å²) in [4.78, 5) is 23.1. The van der Waals surface area contributed by atoms with Crippen molar-refractivity contribution in [2.24, 2.45) is 0 Å². The van der Waals surface area contributed by atoms with Crippen molar-refractivity contribution in [1.29, 1.82) is 0 Å². The van der Waals surface area contributed by atoms with Crippen molar-refractivity contribution < 1.29 is 42.7 Å². The van der Waals surface area contributed by atoms with Crippen LogP contribution in [0.2, 0.25) is 0 Å². The van der Waals surface area contributed by atoms with Gasteiger partial charge in [-0.15, -0.1) is 0 Å². The molecule has 0 aromatic heterocycles. The molecule has 0 unspecified atom stereocenters. The summed E-state index contributed by atoms with van der Waals surface area (Å²) in [7, 11) is 0. The summed E-state index contributed by atoms with van der Waals surface area (Å²) >= 11 is 0. The highest BCUT2D eigenvalue weighted by molar-refractivity contribution is 5.76. The number of carbonyl (C=O) groups is 2. The van der Waals surface area contributed by atoms with E-state index >= 15 is 0 Å². The number of ether oxygens (including phenoxy) is 7. The third-order valence-corrected chi connectivity index (χ3v) is 4.37. The van der Waals surface area contributed by atoms with Crippen LogP contribution in [0.1, 0.15) is 39.5 Å². The van der Waals surface area contributed by atoms with E-state index < -0.39 is 0 Å². The van der Waals surface area contributed by atoms with Crippen LogP contribution < -0.4 is 10.6 Å². The Kier molecular flexibility index (Phi) is 27.8. The molecule has 11 nitrogen and oxygen atoms in total. The predicted octanol–water partition coefficient (Wildman–Crippen LogP) is 0.935. The van der Waals surface area contributed by atoms with Crippen molar-refractivity contribution in [1.82, 2.24) is 10.6 Å². The van der Waals surface area contributed by atoms with Gasteiger partial charge in [0.25, 0.3) is 0 Å². The Bertz CT molecular complexity index is 470. The normalized spacial score (nSPS) is 11.0. The van der Waals surface area contributed by atoms with E-state index in [4.69, 9.17) is 33.2 Å². The summed E-state index contributed by atoms with van der Waals surface area (Å²) < 4.78 is 37.5. The number of amides is 2. The van der Waals surface area contributed by atoms with Crippen molar-refractivity contribution in [3.05, 3.63) is 0 Å². The quantitative estimate of drug-likeness (QED) is 0.149. The zero-order chi connectivity index (χ0) is 25.7. The van der Waals surface area contributed by atoms with Gasteiger partial charge in [0, 0.05) is 39.1 Å². The molecule has 0 aromatic carbocycles. The van der Waals surface area contributed by atoms with Gasteiger partial charge in [-0.2, -0.15) is 0 Å². The van der Waals surface area contributed by atoms with Crippen LogP contribution >= 0.6 is 0 Å². The summed E-state index contributed by atoms with van der Waals surface area (Å²) in [6, 6.07) is 0. The van der Waals surface area contributed by atoms with Crippen LogP contribution in [0.25, 0.3) is 0 Å². The summed E-state index contributed by atoms with van der Waals surface area (Å²) in [5.74, 6) is -0.0165. The number of rotatable bonds is 28. The highest BCUT2D eigenvalue weighted by Gasteiger charge is 2.01. The van der Waals surface area contributed by atoms with Crippen LogP contribution in [0.15, 0.2) is 0 Å². The zero-order valence-electron chi connectivity index (χ0n) is 21.8. The van der Waals surface area contributed by atoms with Crippen molar-refractivity contribution in [2.75, 3.05) is 106 Å². The Balaban J connectivity index is 3.16. The molecular weight excluding hydrogens is 460 g/mol. The lowest BCUT2D eigenvalue weighted by atomic mass is 10.4. The molecular formula is C24H48N2O9. The Morgan fingerprint density at radius 3 is 1.29 bits per heavy atom. The van der Waals surface area contributed by atoms with Crippen LogP contribution in [-0.2, 0) is 42.7 Å². The lowest BCUT2D eigenvalue weighted by molar-refractivity contribution is -0.123.